The summed E-state index contributed by atoms with van der Waals surface area (Å²) in [4.78, 5) is 24.5. The van der Waals surface area contributed by atoms with Gasteiger partial charge in [0.15, 0.2) is 0 Å². The first-order chi connectivity index (χ1) is 11.6. The van der Waals surface area contributed by atoms with Crippen LogP contribution in [0.25, 0.3) is 33.1 Å². The van der Waals surface area contributed by atoms with Crippen molar-refractivity contribution in [3.05, 3.63) is 79.4 Å². The highest BCUT2D eigenvalue weighted by molar-refractivity contribution is 9.10. The molecule has 0 aliphatic carbocycles. The largest absolute Gasteiger partial charge is 0.462 e. The summed E-state index contributed by atoms with van der Waals surface area (Å²) in [7, 11) is 0. The Morgan fingerprint density at radius 2 is 1.71 bits per heavy atom. The molecule has 0 aliphatic rings. The highest BCUT2D eigenvalue weighted by Gasteiger charge is 2.16. The van der Waals surface area contributed by atoms with Crippen LogP contribution in [-0.4, -0.2) is 0 Å². The van der Waals surface area contributed by atoms with Gasteiger partial charge in [-0.25, -0.2) is 4.79 Å². The minimum absolute atomic E-state index is 0.161. The molecular formula is C19H11BrO4. The summed E-state index contributed by atoms with van der Waals surface area (Å²) >= 11 is 3.20. The predicted octanol–water partition coefficient (Wildman–Crippen LogP) is 4.64. The Hall–Kier alpha value is -2.66. The third kappa shape index (κ3) is 2.20. The van der Waals surface area contributed by atoms with Crippen molar-refractivity contribution in [1.29, 1.82) is 0 Å². The second-order valence-corrected chi connectivity index (χ2v) is 6.37. The van der Waals surface area contributed by atoms with E-state index in [4.69, 9.17) is 8.83 Å². The zero-order chi connectivity index (χ0) is 16.8. The summed E-state index contributed by atoms with van der Waals surface area (Å²) in [5, 5.41) is 1.15. The van der Waals surface area contributed by atoms with Gasteiger partial charge >= 0.3 is 5.63 Å². The first kappa shape index (κ1) is 14.9. The summed E-state index contributed by atoms with van der Waals surface area (Å²) in [6.45, 7) is 1.78. The Morgan fingerprint density at radius 1 is 0.958 bits per heavy atom. The Morgan fingerprint density at radius 3 is 2.46 bits per heavy atom. The Bertz CT molecular complexity index is 1200. The van der Waals surface area contributed by atoms with Crippen molar-refractivity contribution in [3.8, 4) is 11.1 Å². The molecule has 2 aromatic heterocycles. The van der Waals surface area contributed by atoms with Gasteiger partial charge < -0.3 is 8.83 Å². The lowest BCUT2D eigenvalue weighted by atomic mass is 9.98. The summed E-state index contributed by atoms with van der Waals surface area (Å²) < 4.78 is 11.3. The average Bonchev–Trinajstić information content (AvgIpc) is 2.59. The topological polar surface area (TPSA) is 60.4 Å². The van der Waals surface area contributed by atoms with Crippen LogP contribution in [-0.2, 0) is 0 Å². The molecule has 2 aromatic carbocycles. The zero-order valence-electron chi connectivity index (χ0n) is 12.6. The van der Waals surface area contributed by atoms with Crippen molar-refractivity contribution in [1.82, 2.24) is 0 Å². The van der Waals surface area contributed by atoms with Crippen LogP contribution in [0, 0.1) is 6.92 Å². The number of hydrogen-bond donors (Lipinski definition) is 0. The molecule has 24 heavy (non-hydrogen) atoms. The number of rotatable bonds is 1. The van der Waals surface area contributed by atoms with E-state index >= 15 is 0 Å². The van der Waals surface area contributed by atoms with E-state index in [0.29, 0.717) is 32.0 Å². The first-order valence-corrected chi connectivity index (χ1v) is 8.09. The fraction of sp³-hybridized carbons (Fsp3) is 0.0526. The molecule has 0 atom stereocenters. The molecule has 0 radical (unpaired) electrons. The zero-order valence-corrected chi connectivity index (χ0v) is 14.2. The van der Waals surface area contributed by atoms with Crippen LogP contribution in [0.4, 0.5) is 0 Å². The summed E-state index contributed by atoms with van der Waals surface area (Å²) in [6.07, 6.45) is 1.35. The van der Waals surface area contributed by atoms with Gasteiger partial charge in [0.05, 0.1) is 5.39 Å². The molecule has 0 bridgehead atoms. The Balaban J connectivity index is 2.25. The molecule has 5 heteroatoms. The molecule has 0 spiro atoms. The number of hydrogen-bond acceptors (Lipinski definition) is 4. The van der Waals surface area contributed by atoms with E-state index in [-0.39, 0.29) is 5.43 Å². The van der Waals surface area contributed by atoms with Gasteiger partial charge in [0, 0.05) is 17.0 Å². The van der Waals surface area contributed by atoms with Crippen molar-refractivity contribution < 1.29 is 8.83 Å². The second-order valence-electron chi connectivity index (χ2n) is 5.51. The van der Waals surface area contributed by atoms with Crippen molar-refractivity contribution in [2.45, 2.75) is 6.92 Å². The highest BCUT2D eigenvalue weighted by Crippen LogP contribution is 2.33. The summed E-state index contributed by atoms with van der Waals surface area (Å²) in [5.74, 6) is 0. The van der Waals surface area contributed by atoms with E-state index in [0.717, 1.165) is 11.1 Å². The molecule has 0 fully saturated rings. The fourth-order valence-corrected chi connectivity index (χ4v) is 3.22. The maximum Gasteiger partial charge on any atom is 0.336 e. The first-order valence-electron chi connectivity index (χ1n) is 7.30. The number of aryl methyl sites for hydroxylation is 1. The molecular weight excluding hydrogens is 372 g/mol. The quantitative estimate of drug-likeness (QED) is 0.355. The standard InChI is InChI=1S/C19H11BrO4/c1-10-18-14(17(22)15(20)9-23-18)7-13-12(8-16(21)24-19(10)13)11-5-3-2-4-6-11/h2-9H,1H3. The molecule has 4 nitrogen and oxygen atoms in total. The van der Waals surface area contributed by atoms with E-state index in [1.165, 1.54) is 12.3 Å². The van der Waals surface area contributed by atoms with Gasteiger partial charge in [-0.3, -0.25) is 4.79 Å². The van der Waals surface area contributed by atoms with Crippen LogP contribution < -0.4 is 11.1 Å². The van der Waals surface area contributed by atoms with Crippen molar-refractivity contribution in [2.24, 2.45) is 0 Å². The average molecular weight is 383 g/mol. The van der Waals surface area contributed by atoms with E-state index in [1.807, 2.05) is 30.3 Å². The summed E-state index contributed by atoms with van der Waals surface area (Å²) in [6, 6.07) is 12.7. The second kappa shape index (κ2) is 5.46. The Labute approximate surface area is 144 Å². The smallest absolute Gasteiger partial charge is 0.336 e. The van der Waals surface area contributed by atoms with Crippen LogP contribution in [0.3, 0.4) is 0 Å². The van der Waals surface area contributed by atoms with Crippen LogP contribution >= 0.6 is 15.9 Å². The van der Waals surface area contributed by atoms with Gasteiger partial charge in [-0.05, 0) is 40.0 Å². The van der Waals surface area contributed by atoms with Gasteiger partial charge in [-0.2, -0.15) is 0 Å². The van der Waals surface area contributed by atoms with E-state index < -0.39 is 5.63 Å². The maximum atomic E-state index is 12.4. The molecule has 0 saturated heterocycles. The lowest BCUT2D eigenvalue weighted by molar-refractivity contribution is 0.555. The minimum atomic E-state index is -0.441. The third-order valence-electron chi connectivity index (χ3n) is 4.04. The molecule has 0 saturated carbocycles. The van der Waals surface area contributed by atoms with E-state index in [1.54, 1.807) is 13.0 Å². The lowest BCUT2D eigenvalue weighted by Gasteiger charge is -2.09. The predicted molar refractivity (Wildman–Crippen MR) is 96.4 cm³/mol. The highest BCUT2D eigenvalue weighted by atomic mass is 79.9. The van der Waals surface area contributed by atoms with Crippen molar-refractivity contribution >= 4 is 37.9 Å². The number of halogens is 1. The fourth-order valence-electron chi connectivity index (χ4n) is 2.91. The molecule has 4 aromatic rings. The number of fused-ring (bicyclic) bond motifs is 2. The van der Waals surface area contributed by atoms with Crippen molar-refractivity contribution in [3.63, 3.8) is 0 Å². The molecule has 4 rings (SSSR count). The molecule has 0 amide bonds. The van der Waals surface area contributed by atoms with Gasteiger partial charge in [-0.15, -0.1) is 0 Å². The monoisotopic (exact) mass is 382 g/mol. The van der Waals surface area contributed by atoms with E-state index in [9.17, 15) is 9.59 Å². The number of benzene rings is 2. The maximum absolute atomic E-state index is 12.4. The molecule has 0 unspecified atom stereocenters. The molecule has 2 heterocycles. The molecule has 0 aliphatic heterocycles. The molecule has 0 N–H and O–H groups in total. The third-order valence-corrected chi connectivity index (χ3v) is 4.59. The van der Waals surface area contributed by atoms with Crippen LogP contribution in [0.5, 0.6) is 0 Å². The van der Waals surface area contributed by atoms with E-state index in [2.05, 4.69) is 15.9 Å². The normalized spacial score (nSPS) is 11.2. The lowest BCUT2D eigenvalue weighted by Crippen LogP contribution is -2.05. The van der Waals surface area contributed by atoms with Gasteiger partial charge in [0.25, 0.3) is 0 Å². The van der Waals surface area contributed by atoms with Gasteiger partial charge in [0.1, 0.15) is 21.9 Å². The Kier molecular flexibility index (Phi) is 3.39. The minimum Gasteiger partial charge on any atom is -0.462 e. The van der Waals surface area contributed by atoms with Crippen LogP contribution in [0.2, 0.25) is 0 Å². The summed E-state index contributed by atoms with van der Waals surface area (Å²) in [5.41, 5.74) is 2.49. The molecule has 118 valence electrons. The SMILES string of the molecule is Cc1c2oc(=O)cc(-c3ccccc3)c2cc2c(=O)c(Br)coc12. The van der Waals surface area contributed by atoms with Crippen LogP contribution in [0.15, 0.2) is 71.6 Å². The van der Waals surface area contributed by atoms with Crippen LogP contribution in [0.1, 0.15) is 5.56 Å². The van der Waals surface area contributed by atoms with Gasteiger partial charge in [-0.1, -0.05) is 30.3 Å². The van der Waals surface area contributed by atoms with Crippen molar-refractivity contribution in [2.75, 3.05) is 0 Å². The van der Waals surface area contributed by atoms with Gasteiger partial charge in [0.2, 0.25) is 5.43 Å².